The lowest BCUT2D eigenvalue weighted by Crippen LogP contribution is -2.20. The van der Waals surface area contributed by atoms with Crippen LogP contribution < -0.4 is 15.0 Å². The molecular weight excluding hydrogens is 378 g/mol. The molecule has 0 spiro atoms. The first-order valence-corrected chi connectivity index (χ1v) is 9.83. The minimum atomic E-state index is -0.262. The number of amides is 1. The van der Waals surface area contributed by atoms with Gasteiger partial charge in [-0.3, -0.25) is 4.79 Å². The monoisotopic (exact) mass is 399 g/mol. The standard InChI is InChI=1S/C23H21N5O2/c24-15-17-3-9-20(10-4-17)30-16-23(29)25-19-7-5-18(6-8-19)21-11-12-22(27-26-21)28-13-1-2-14-28/h3-12H,1-2,13-14,16H2,(H,25,29). The first-order chi connectivity index (χ1) is 14.7. The molecule has 4 rings (SSSR count). The van der Waals surface area contributed by atoms with Crippen LogP contribution in [0.3, 0.4) is 0 Å². The number of hydrogen-bond donors (Lipinski definition) is 1. The van der Waals surface area contributed by atoms with Crippen LogP contribution in [-0.2, 0) is 4.79 Å². The highest BCUT2D eigenvalue weighted by Crippen LogP contribution is 2.22. The van der Waals surface area contributed by atoms with Gasteiger partial charge in [-0.05, 0) is 61.4 Å². The van der Waals surface area contributed by atoms with Crippen LogP contribution in [0.4, 0.5) is 11.5 Å². The SMILES string of the molecule is N#Cc1ccc(OCC(=O)Nc2ccc(-c3ccc(N4CCCC4)nn3)cc2)cc1. The topological polar surface area (TPSA) is 91.1 Å². The van der Waals surface area contributed by atoms with Gasteiger partial charge in [-0.2, -0.15) is 5.26 Å². The quantitative estimate of drug-likeness (QED) is 0.681. The number of carbonyl (C=O) groups excluding carboxylic acids is 1. The number of nitriles is 1. The van der Waals surface area contributed by atoms with Crippen molar-refractivity contribution in [1.82, 2.24) is 10.2 Å². The van der Waals surface area contributed by atoms with Crippen molar-refractivity contribution in [2.45, 2.75) is 12.8 Å². The number of ether oxygens (including phenoxy) is 1. The molecule has 1 saturated heterocycles. The molecule has 0 aliphatic carbocycles. The summed E-state index contributed by atoms with van der Waals surface area (Å²) in [6.45, 7) is 1.96. The molecular formula is C23H21N5O2. The second-order valence-electron chi connectivity index (χ2n) is 7.02. The fourth-order valence-electron chi connectivity index (χ4n) is 3.29. The Labute approximate surface area is 174 Å². The molecule has 0 bridgehead atoms. The Kier molecular flexibility index (Phi) is 5.85. The minimum Gasteiger partial charge on any atom is -0.484 e. The Hall–Kier alpha value is -3.92. The molecule has 2 aromatic carbocycles. The molecule has 0 radical (unpaired) electrons. The molecule has 0 unspecified atom stereocenters. The normalized spacial score (nSPS) is 13.0. The number of anilines is 2. The van der Waals surface area contributed by atoms with Crippen molar-refractivity contribution in [3.63, 3.8) is 0 Å². The lowest BCUT2D eigenvalue weighted by molar-refractivity contribution is -0.118. The molecule has 3 aromatic rings. The third kappa shape index (κ3) is 4.73. The van der Waals surface area contributed by atoms with Crippen LogP contribution in [0.25, 0.3) is 11.3 Å². The predicted octanol–water partition coefficient (Wildman–Crippen LogP) is 3.63. The third-order valence-electron chi connectivity index (χ3n) is 4.90. The van der Waals surface area contributed by atoms with E-state index in [4.69, 9.17) is 10.00 Å². The number of rotatable bonds is 6. The van der Waals surface area contributed by atoms with Crippen molar-refractivity contribution in [2.24, 2.45) is 0 Å². The van der Waals surface area contributed by atoms with Crippen LogP contribution in [0.15, 0.2) is 60.7 Å². The number of aromatic nitrogens is 2. The summed E-state index contributed by atoms with van der Waals surface area (Å²) in [7, 11) is 0. The number of benzene rings is 2. The van der Waals surface area contributed by atoms with Gasteiger partial charge >= 0.3 is 0 Å². The molecule has 1 aromatic heterocycles. The summed E-state index contributed by atoms with van der Waals surface area (Å²) < 4.78 is 5.44. The van der Waals surface area contributed by atoms with Gasteiger partial charge in [0.05, 0.1) is 17.3 Å². The number of hydrogen-bond acceptors (Lipinski definition) is 6. The van der Waals surface area contributed by atoms with Gasteiger partial charge in [0.2, 0.25) is 0 Å². The first kappa shape index (κ1) is 19.4. The fourth-order valence-corrected chi connectivity index (χ4v) is 3.29. The van der Waals surface area contributed by atoms with E-state index in [1.807, 2.05) is 42.5 Å². The van der Waals surface area contributed by atoms with E-state index in [1.165, 1.54) is 12.8 Å². The van der Waals surface area contributed by atoms with Gasteiger partial charge in [0.15, 0.2) is 12.4 Å². The molecule has 30 heavy (non-hydrogen) atoms. The lowest BCUT2D eigenvalue weighted by Gasteiger charge is -2.15. The van der Waals surface area contributed by atoms with Crippen LogP contribution >= 0.6 is 0 Å². The van der Waals surface area contributed by atoms with Crippen molar-refractivity contribution >= 4 is 17.4 Å². The average Bonchev–Trinajstić information content (AvgIpc) is 3.34. The van der Waals surface area contributed by atoms with Crippen LogP contribution in [0, 0.1) is 11.3 Å². The zero-order valence-electron chi connectivity index (χ0n) is 16.4. The van der Waals surface area contributed by atoms with Gasteiger partial charge in [-0.1, -0.05) is 12.1 Å². The molecule has 2 heterocycles. The highest BCUT2D eigenvalue weighted by atomic mass is 16.5. The summed E-state index contributed by atoms with van der Waals surface area (Å²) in [6, 6.07) is 20.1. The largest absolute Gasteiger partial charge is 0.484 e. The van der Waals surface area contributed by atoms with E-state index >= 15 is 0 Å². The summed E-state index contributed by atoms with van der Waals surface area (Å²) in [5, 5.41) is 20.3. The van der Waals surface area contributed by atoms with Crippen molar-refractivity contribution in [3.8, 4) is 23.1 Å². The van der Waals surface area contributed by atoms with Gasteiger partial charge < -0.3 is 15.0 Å². The Balaban J connectivity index is 1.31. The van der Waals surface area contributed by atoms with Crippen LogP contribution in [0.2, 0.25) is 0 Å². The predicted molar refractivity (Wildman–Crippen MR) is 114 cm³/mol. The van der Waals surface area contributed by atoms with Crippen molar-refractivity contribution in [2.75, 3.05) is 29.9 Å². The van der Waals surface area contributed by atoms with Gasteiger partial charge in [0, 0.05) is 24.3 Å². The Bertz CT molecular complexity index is 1030. The molecule has 7 nitrogen and oxygen atoms in total. The van der Waals surface area contributed by atoms with E-state index in [1.54, 1.807) is 24.3 Å². The highest BCUT2D eigenvalue weighted by Gasteiger charge is 2.14. The molecule has 1 aliphatic rings. The lowest BCUT2D eigenvalue weighted by atomic mass is 10.1. The van der Waals surface area contributed by atoms with E-state index < -0.39 is 0 Å². The second kappa shape index (κ2) is 9.05. The molecule has 7 heteroatoms. The Morgan fingerprint density at radius 3 is 2.37 bits per heavy atom. The summed E-state index contributed by atoms with van der Waals surface area (Å²) in [5.41, 5.74) is 2.94. The highest BCUT2D eigenvalue weighted by molar-refractivity contribution is 5.92. The van der Waals surface area contributed by atoms with E-state index in [-0.39, 0.29) is 12.5 Å². The van der Waals surface area contributed by atoms with E-state index in [0.29, 0.717) is 17.0 Å². The molecule has 0 saturated carbocycles. The molecule has 1 N–H and O–H groups in total. The average molecular weight is 399 g/mol. The fraction of sp³-hybridized carbons (Fsp3) is 0.217. The minimum absolute atomic E-state index is 0.114. The summed E-state index contributed by atoms with van der Waals surface area (Å²) in [5.74, 6) is 1.19. The first-order valence-electron chi connectivity index (χ1n) is 9.83. The molecule has 1 fully saturated rings. The summed E-state index contributed by atoms with van der Waals surface area (Å²) in [4.78, 5) is 14.4. The summed E-state index contributed by atoms with van der Waals surface area (Å²) >= 11 is 0. The maximum absolute atomic E-state index is 12.1. The number of nitrogens with zero attached hydrogens (tertiary/aromatic N) is 4. The molecule has 1 aliphatic heterocycles. The van der Waals surface area contributed by atoms with E-state index in [9.17, 15) is 4.79 Å². The van der Waals surface area contributed by atoms with Gasteiger partial charge in [0.1, 0.15) is 5.75 Å². The van der Waals surface area contributed by atoms with Crippen LogP contribution in [0.1, 0.15) is 18.4 Å². The maximum atomic E-state index is 12.1. The maximum Gasteiger partial charge on any atom is 0.262 e. The molecule has 150 valence electrons. The van der Waals surface area contributed by atoms with Crippen molar-refractivity contribution in [3.05, 3.63) is 66.2 Å². The zero-order chi connectivity index (χ0) is 20.8. The zero-order valence-corrected chi connectivity index (χ0v) is 16.4. The second-order valence-corrected chi connectivity index (χ2v) is 7.02. The summed E-state index contributed by atoms with van der Waals surface area (Å²) in [6.07, 6.45) is 2.41. The van der Waals surface area contributed by atoms with Gasteiger partial charge in [-0.25, -0.2) is 0 Å². The molecule has 1 amide bonds. The van der Waals surface area contributed by atoms with Crippen molar-refractivity contribution in [1.29, 1.82) is 5.26 Å². The Morgan fingerprint density at radius 2 is 1.73 bits per heavy atom. The molecule has 0 atom stereocenters. The van der Waals surface area contributed by atoms with E-state index in [0.717, 1.165) is 30.2 Å². The van der Waals surface area contributed by atoms with Crippen LogP contribution in [-0.4, -0.2) is 35.8 Å². The Morgan fingerprint density at radius 1 is 1.00 bits per heavy atom. The third-order valence-corrected chi connectivity index (χ3v) is 4.90. The smallest absolute Gasteiger partial charge is 0.262 e. The van der Waals surface area contributed by atoms with Gasteiger partial charge in [-0.15, -0.1) is 10.2 Å². The van der Waals surface area contributed by atoms with Crippen molar-refractivity contribution < 1.29 is 9.53 Å². The number of carbonyl (C=O) groups is 1. The van der Waals surface area contributed by atoms with Gasteiger partial charge in [0.25, 0.3) is 5.91 Å². The number of nitrogens with one attached hydrogen (secondary N) is 1. The van der Waals surface area contributed by atoms with Crippen LogP contribution in [0.5, 0.6) is 5.75 Å². The van der Waals surface area contributed by atoms with E-state index in [2.05, 4.69) is 20.4 Å².